The van der Waals surface area contributed by atoms with Gasteiger partial charge in [-0.05, 0) is 48.5 Å². The van der Waals surface area contributed by atoms with Gasteiger partial charge in [0.2, 0.25) is 0 Å². The molecule has 17 heavy (non-hydrogen) atoms. The van der Waals surface area contributed by atoms with E-state index in [2.05, 4.69) is 5.32 Å². The molecule has 1 heterocycles. The van der Waals surface area contributed by atoms with Gasteiger partial charge in [0.1, 0.15) is 11.5 Å². The van der Waals surface area contributed by atoms with Gasteiger partial charge in [-0.1, -0.05) is 12.1 Å². The Morgan fingerprint density at radius 2 is 1.88 bits per heavy atom. The van der Waals surface area contributed by atoms with Crippen LogP contribution >= 0.6 is 11.6 Å². The van der Waals surface area contributed by atoms with E-state index in [-0.39, 0.29) is 6.04 Å². The summed E-state index contributed by atoms with van der Waals surface area (Å²) in [6.07, 6.45) is 0. The smallest absolute Gasteiger partial charge is 0.193 e. The third-order valence-corrected chi connectivity index (χ3v) is 2.82. The summed E-state index contributed by atoms with van der Waals surface area (Å²) in [4.78, 5) is 0. The molecule has 0 saturated carbocycles. The first-order valence-corrected chi connectivity index (χ1v) is 5.69. The Labute approximate surface area is 105 Å². The van der Waals surface area contributed by atoms with Gasteiger partial charge in [-0.2, -0.15) is 0 Å². The predicted molar refractivity (Wildman–Crippen MR) is 67.6 cm³/mol. The van der Waals surface area contributed by atoms with Gasteiger partial charge in [-0.3, -0.25) is 0 Å². The Hall–Kier alpha value is -1.45. The molecular weight excluding hydrogens is 238 g/mol. The summed E-state index contributed by atoms with van der Waals surface area (Å²) in [5.41, 5.74) is 1.10. The third kappa shape index (κ3) is 2.62. The van der Waals surface area contributed by atoms with Crippen LogP contribution in [0.3, 0.4) is 0 Å². The lowest BCUT2D eigenvalue weighted by Gasteiger charge is -2.14. The fourth-order valence-electron chi connectivity index (χ4n) is 1.75. The number of hydrogen-bond acceptors (Lipinski definition) is 3. The SMILES string of the molecule is CNC(c1ccc(OC)cc1)c1ccc(Cl)o1. The molecule has 1 aromatic heterocycles. The Kier molecular flexibility index (Phi) is 3.71. The molecule has 0 saturated heterocycles. The van der Waals surface area contributed by atoms with Crippen LogP contribution < -0.4 is 10.1 Å². The summed E-state index contributed by atoms with van der Waals surface area (Å²) in [7, 11) is 3.53. The Bertz CT molecular complexity index is 478. The summed E-state index contributed by atoms with van der Waals surface area (Å²) in [5.74, 6) is 1.63. The predicted octanol–water partition coefficient (Wildman–Crippen LogP) is 3.25. The van der Waals surface area contributed by atoms with E-state index in [1.165, 1.54) is 0 Å². The molecule has 0 aliphatic carbocycles. The molecule has 2 aromatic rings. The second kappa shape index (κ2) is 5.25. The van der Waals surface area contributed by atoms with Gasteiger partial charge in [0.05, 0.1) is 13.2 Å². The third-order valence-electron chi connectivity index (χ3n) is 2.62. The van der Waals surface area contributed by atoms with Gasteiger partial charge in [0, 0.05) is 0 Å². The Morgan fingerprint density at radius 1 is 1.18 bits per heavy atom. The number of benzene rings is 1. The molecule has 0 fully saturated rings. The van der Waals surface area contributed by atoms with Crippen LogP contribution in [-0.2, 0) is 0 Å². The van der Waals surface area contributed by atoms with Crippen molar-refractivity contribution in [3.63, 3.8) is 0 Å². The monoisotopic (exact) mass is 251 g/mol. The molecule has 4 heteroatoms. The van der Waals surface area contributed by atoms with Gasteiger partial charge < -0.3 is 14.5 Å². The number of rotatable bonds is 4. The van der Waals surface area contributed by atoms with Gasteiger partial charge in [-0.15, -0.1) is 0 Å². The fourth-order valence-corrected chi connectivity index (χ4v) is 1.91. The van der Waals surface area contributed by atoms with Crippen molar-refractivity contribution in [1.82, 2.24) is 5.32 Å². The normalized spacial score (nSPS) is 12.4. The average molecular weight is 252 g/mol. The summed E-state index contributed by atoms with van der Waals surface area (Å²) in [6.45, 7) is 0. The molecule has 0 amide bonds. The average Bonchev–Trinajstić information content (AvgIpc) is 2.78. The number of ether oxygens (including phenoxy) is 1. The van der Waals surface area contributed by atoms with Gasteiger partial charge in [0.15, 0.2) is 5.22 Å². The minimum atomic E-state index is -0.00611. The first-order valence-electron chi connectivity index (χ1n) is 5.31. The second-order valence-corrected chi connectivity index (χ2v) is 4.01. The molecular formula is C13H14ClNO2. The highest BCUT2D eigenvalue weighted by atomic mass is 35.5. The lowest BCUT2D eigenvalue weighted by atomic mass is 10.0. The topological polar surface area (TPSA) is 34.4 Å². The minimum absolute atomic E-state index is 0.00611. The van der Waals surface area contributed by atoms with E-state index in [1.807, 2.05) is 37.4 Å². The standard InChI is InChI=1S/C13H14ClNO2/c1-15-13(11-7-8-12(14)17-11)9-3-5-10(16-2)6-4-9/h3-8,13,15H,1-2H3. The van der Waals surface area contributed by atoms with Crippen molar-refractivity contribution in [2.24, 2.45) is 0 Å². The van der Waals surface area contributed by atoms with Crippen molar-refractivity contribution in [1.29, 1.82) is 0 Å². The van der Waals surface area contributed by atoms with Crippen LogP contribution in [0, 0.1) is 0 Å². The largest absolute Gasteiger partial charge is 0.497 e. The molecule has 1 unspecified atom stereocenters. The van der Waals surface area contributed by atoms with Gasteiger partial charge in [-0.25, -0.2) is 0 Å². The maximum atomic E-state index is 5.78. The van der Waals surface area contributed by atoms with Crippen LogP contribution in [-0.4, -0.2) is 14.2 Å². The molecule has 0 spiro atoms. The molecule has 1 atom stereocenters. The van der Waals surface area contributed by atoms with Crippen molar-refractivity contribution >= 4 is 11.6 Å². The van der Waals surface area contributed by atoms with Crippen LogP contribution in [0.5, 0.6) is 5.75 Å². The van der Waals surface area contributed by atoms with E-state index in [0.29, 0.717) is 5.22 Å². The lowest BCUT2D eigenvalue weighted by Crippen LogP contribution is -2.16. The second-order valence-electron chi connectivity index (χ2n) is 3.64. The molecule has 0 bridgehead atoms. The molecule has 2 rings (SSSR count). The Balaban J connectivity index is 2.28. The molecule has 1 N–H and O–H groups in total. The number of furan rings is 1. The molecule has 0 aliphatic rings. The minimum Gasteiger partial charge on any atom is -0.497 e. The van der Waals surface area contributed by atoms with Crippen molar-refractivity contribution in [2.45, 2.75) is 6.04 Å². The van der Waals surface area contributed by atoms with Gasteiger partial charge in [0.25, 0.3) is 0 Å². The lowest BCUT2D eigenvalue weighted by molar-refractivity contribution is 0.414. The summed E-state index contributed by atoms with van der Waals surface area (Å²) < 4.78 is 10.5. The van der Waals surface area contributed by atoms with E-state index in [9.17, 15) is 0 Å². The maximum absolute atomic E-state index is 5.78. The summed E-state index contributed by atoms with van der Waals surface area (Å²) in [5, 5.41) is 3.59. The van der Waals surface area contributed by atoms with Crippen molar-refractivity contribution < 1.29 is 9.15 Å². The molecule has 0 radical (unpaired) electrons. The highest BCUT2D eigenvalue weighted by molar-refractivity contribution is 6.28. The first kappa shape index (κ1) is 12.0. The van der Waals surface area contributed by atoms with E-state index in [0.717, 1.165) is 17.1 Å². The van der Waals surface area contributed by atoms with E-state index in [1.54, 1.807) is 13.2 Å². The van der Waals surface area contributed by atoms with E-state index >= 15 is 0 Å². The van der Waals surface area contributed by atoms with Crippen LogP contribution in [0.4, 0.5) is 0 Å². The first-order chi connectivity index (χ1) is 8.24. The zero-order chi connectivity index (χ0) is 12.3. The quantitative estimate of drug-likeness (QED) is 0.906. The highest BCUT2D eigenvalue weighted by Gasteiger charge is 2.15. The zero-order valence-corrected chi connectivity index (χ0v) is 10.5. The van der Waals surface area contributed by atoms with E-state index < -0.39 is 0 Å². The molecule has 3 nitrogen and oxygen atoms in total. The van der Waals surface area contributed by atoms with E-state index in [4.69, 9.17) is 20.8 Å². The van der Waals surface area contributed by atoms with Crippen LogP contribution in [0.25, 0.3) is 0 Å². The fraction of sp³-hybridized carbons (Fsp3) is 0.231. The molecule has 1 aromatic carbocycles. The van der Waals surface area contributed by atoms with Crippen molar-refractivity contribution in [3.8, 4) is 5.75 Å². The highest BCUT2D eigenvalue weighted by Crippen LogP contribution is 2.26. The number of methoxy groups -OCH3 is 1. The van der Waals surface area contributed by atoms with Gasteiger partial charge >= 0.3 is 0 Å². The maximum Gasteiger partial charge on any atom is 0.193 e. The van der Waals surface area contributed by atoms with Crippen LogP contribution in [0.2, 0.25) is 5.22 Å². The van der Waals surface area contributed by atoms with Crippen molar-refractivity contribution in [3.05, 3.63) is 52.9 Å². The van der Waals surface area contributed by atoms with Crippen molar-refractivity contribution in [2.75, 3.05) is 14.2 Å². The Morgan fingerprint density at radius 3 is 2.35 bits per heavy atom. The van der Waals surface area contributed by atoms with Crippen LogP contribution in [0.15, 0.2) is 40.8 Å². The number of hydrogen-bond donors (Lipinski definition) is 1. The zero-order valence-electron chi connectivity index (χ0n) is 9.74. The summed E-state index contributed by atoms with van der Waals surface area (Å²) in [6, 6.07) is 11.4. The number of halogens is 1. The molecule has 0 aliphatic heterocycles. The summed E-state index contributed by atoms with van der Waals surface area (Å²) >= 11 is 5.78. The number of nitrogens with one attached hydrogen (secondary N) is 1. The molecule has 90 valence electrons. The van der Waals surface area contributed by atoms with Crippen LogP contribution in [0.1, 0.15) is 17.4 Å².